The second-order valence-electron chi connectivity index (χ2n) is 14.8. The van der Waals surface area contributed by atoms with Gasteiger partial charge in [-0.05, 0) is 120 Å². The van der Waals surface area contributed by atoms with Crippen molar-refractivity contribution in [3.8, 4) is 5.75 Å². The molecule has 0 saturated carbocycles. The van der Waals surface area contributed by atoms with Crippen LogP contribution in [0, 0.1) is 0 Å². The summed E-state index contributed by atoms with van der Waals surface area (Å²) in [6, 6.07) is 8.06. The van der Waals surface area contributed by atoms with Crippen molar-refractivity contribution in [1.29, 1.82) is 0 Å². The molecule has 2 saturated heterocycles. The maximum Gasteiger partial charge on any atom is 0.191 e. The number of methoxy groups -OCH3 is 1. The lowest BCUT2D eigenvalue weighted by molar-refractivity contribution is -0.324. The zero-order chi connectivity index (χ0) is 31.6. The first-order valence-electron chi connectivity index (χ1n) is 15.2. The van der Waals surface area contributed by atoms with Crippen LogP contribution >= 0.6 is 31.9 Å². The average Bonchev–Trinajstić information content (AvgIpc) is 2.85. The predicted molar refractivity (Wildman–Crippen MR) is 184 cm³/mol. The topological polar surface area (TPSA) is 55.4 Å². The molecule has 0 unspecified atom stereocenters. The van der Waals surface area contributed by atoms with E-state index in [1.54, 1.807) is 7.11 Å². The second kappa shape index (κ2) is 14.2. The number of rotatable bonds is 12. The fourth-order valence-corrected chi connectivity index (χ4v) is 8.31. The van der Waals surface area contributed by atoms with Gasteiger partial charge in [-0.3, -0.25) is 0 Å². The maximum absolute atomic E-state index is 7.09. The summed E-state index contributed by atoms with van der Waals surface area (Å²) >= 11 is 7.12. The fraction of sp³-hybridized carbons (Fsp3) is 0.750. The SMILES string of the molecule is COc1ccc(CO[C@@H]2C[C@]3(C)O[C@H](C=C(Br)Br)[C@@H](O[Si](C)(C)C)C[C@@]3(C)O[C@H]2CCCO[Si](C)(C)C(C)(C)C)cc1. The van der Waals surface area contributed by atoms with Gasteiger partial charge >= 0.3 is 0 Å². The molecule has 2 heterocycles. The summed E-state index contributed by atoms with van der Waals surface area (Å²) in [7, 11) is -1.97. The van der Waals surface area contributed by atoms with Gasteiger partial charge in [0.1, 0.15) is 11.9 Å². The van der Waals surface area contributed by atoms with Crippen molar-refractivity contribution in [1.82, 2.24) is 0 Å². The minimum atomic E-state index is -1.84. The first-order chi connectivity index (χ1) is 19.3. The molecule has 0 aromatic heterocycles. The van der Waals surface area contributed by atoms with Gasteiger partial charge in [0.05, 0.1) is 46.6 Å². The highest BCUT2D eigenvalue weighted by Gasteiger charge is 2.60. The third kappa shape index (κ3) is 9.48. The summed E-state index contributed by atoms with van der Waals surface area (Å²) in [6.07, 6.45) is 4.84. The monoisotopic (exact) mass is 748 g/mol. The number of ether oxygens (including phenoxy) is 4. The first-order valence-corrected chi connectivity index (χ1v) is 23.1. The Bertz CT molecular complexity index is 1050. The third-order valence-electron chi connectivity index (χ3n) is 9.21. The van der Waals surface area contributed by atoms with E-state index >= 15 is 0 Å². The number of hydrogen-bond donors (Lipinski definition) is 0. The van der Waals surface area contributed by atoms with Crippen LogP contribution < -0.4 is 4.74 Å². The molecule has 0 bridgehead atoms. The Labute approximate surface area is 274 Å². The molecule has 0 amide bonds. The Morgan fingerprint density at radius 2 is 1.57 bits per heavy atom. The van der Waals surface area contributed by atoms with Crippen molar-refractivity contribution in [2.75, 3.05) is 13.7 Å². The second-order valence-corrected chi connectivity index (χ2v) is 26.8. The molecule has 0 spiro atoms. The van der Waals surface area contributed by atoms with Gasteiger partial charge in [-0.1, -0.05) is 32.9 Å². The molecule has 42 heavy (non-hydrogen) atoms. The van der Waals surface area contributed by atoms with Crippen LogP contribution in [0.3, 0.4) is 0 Å². The van der Waals surface area contributed by atoms with Gasteiger partial charge in [0.15, 0.2) is 16.6 Å². The Hall–Kier alpha value is -0.0462. The Morgan fingerprint density at radius 1 is 0.976 bits per heavy atom. The number of benzene rings is 1. The van der Waals surface area contributed by atoms with Gasteiger partial charge in [-0.25, -0.2) is 0 Å². The molecule has 1 aromatic rings. The van der Waals surface area contributed by atoms with Crippen LogP contribution in [-0.2, 0) is 29.7 Å². The van der Waals surface area contributed by atoms with E-state index in [-0.39, 0.29) is 29.5 Å². The fourth-order valence-electron chi connectivity index (χ4n) is 5.57. The first kappa shape index (κ1) is 36.4. The summed E-state index contributed by atoms with van der Waals surface area (Å²) in [5, 5.41) is 0.188. The van der Waals surface area contributed by atoms with Gasteiger partial charge in [0, 0.05) is 19.4 Å². The summed E-state index contributed by atoms with van der Waals surface area (Å²) < 4.78 is 40.1. The molecule has 3 rings (SSSR count). The van der Waals surface area contributed by atoms with E-state index in [9.17, 15) is 0 Å². The minimum absolute atomic E-state index is 0.0736. The summed E-state index contributed by atoms with van der Waals surface area (Å²) in [5.74, 6) is 0.838. The lowest BCUT2D eigenvalue weighted by atomic mass is 9.71. The zero-order valence-electron chi connectivity index (χ0n) is 27.6. The van der Waals surface area contributed by atoms with Crippen molar-refractivity contribution in [2.45, 2.75) is 140 Å². The minimum Gasteiger partial charge on any atom is -0.497 e. The van der Waals surface area contributed by atoms with Gasteiger partial charge in [-0.2, -0.15) is 0 Å². The van der Waals surface area contributed by atoms with Crippen molar-refractivity contribution >= 4 is 48.5 Å². The molecule has 0 N–H and O–H groups in total. The molecule has 10 heteroatoms. The van der Waals surface area contributed by atoms with Crippen LogP contribution in [0.1, 0.15) is 65.9 Å². The molecule has 240 valence electrons. The summed E-state index contributed by atoms with van der Waals surface area (Å²) in [6.45, 7) is 23.8. The largest absolute Gasteiger partial charge is 0.497 e. The summed E-state index contributed by atoms with van der Waals surface area (Å²) in [5.41, 5.74) is 0.0268. The van der Waals surface area contributed by atoms with Crippen LogP contribution in [0.5, 0.6) is 5.75 Å². The van der Waals surface area contributed by atoms with Gasteiger partial charge in [0.2, 0.25) is 0 Å². The number of hydrogen-bond acceptors (Lipinski definition) is 6. The van der Waals surface area contributed by atoms with E-state index in [4.69, 9.17) is 27.8 Å². The molecule has 2 fully saturated rings. The molecular weight excluding hydrogens is 696 g/mol. The van der Waals surface area contributed by atoms with Crippen molar-refractivity contribution in [3.05, 3.63) is 39.3 Å². The molecule has 0 aliphatic carbocycles. The van der Waals surface area contributed by atoms with Crippen LogP contribution in [0.15, 0.2) is 33.7 Å². The quantitative estimate of drug-likeness (QED) is 0.157. The van der Waals surface area contributed by atoms with E-state index in [0.29, 0.717) is 6.61 Å². The smallest absolute Gasteiger partial charge is 0.191 e. The standard InChI is InChI=1S/C32H54Br2O6Si2/c1-30(2,3)42(10,11)37-18-12-13-25-27(36-22-23-14-16-24(35-6)17-15-23)20-31(4)32(5,38-25)21-28(40-41(7,8)9)26(39-31)19-29(33)34/h14-17,19,25-28H,12-13,18,20-22H2,1-11H3/t25-,26+,27+,28-,31-,32+/m0/s1. The normalized spacial score (nSPS) is 30.5. The third-order valence-corrected chi connectivity index (χ3v) is 15.3. The van der Waals surface area contributed by atoms with Crippen molar-refractivity contribution in [2.24, 2.45) is 0 Å². The van der Waals surface area contributed by atoms with Crippen molar-refractivity contribution in [3.63, 3.8) is 0 Å². The zero-order valence-corrected chi connectivity index (χ0v) is 32.8. The molecule has 6 atom stereocenters. The molecule has 6 nitrogen and oxygen atoms in total. The lowest BCUT2D eigenvalue weighted by Gasteiger charge is -2.59. The van der Waals surface area contributed by atoms with E-state index in [1.165, 1.54) is 0 Å². The highest BCUT2D eigenvalue weighted by molar-refractivity contribution is 9.28. The average molecular weight is 751 g/mol. The predicted octanol–water partition coefficient (Wildman–Crippen LogP) is 9.33. The van der Waals surface area contributed by atoms with Gasteiger partial charge in [0.25, 0.3) is 0 Å². The van der Waals surface area contributed by atoms with Crippen LogP contribution in [-0.4, -0.2) is 66.0 Å². The molecule has 0 radical (unpaired) electrons. The van der Waals surface area contributed by atoms with Crippen LogP contribution in [0.2, 0.25) is 37.8 Å². The number of fused-ring (bicyclic) bond motifs is 1. The lowest BCUT2D eigenvalue weighted by Crippen LogP contribution is -2.69. The maximum atomic E-state index is 7.09. The molecular formula is C32H54Br2O6Si2. The van der Waals surface area contributed by atoms with E-state index in [2.05, 4.69) is 117 Å². The van der Waals surface area contributed by atoms with Gasteiger partial charge in [-0.15, -0.1) is 0 Å². The Kier molecular flexibility index (Phi) is 12.3. The molecule has 2 aliphatic rings. The Balaban J connectivity index is 1.83. The molecule has 1 aromatic carbocycles. The van der Waals surface area contributed by atoms with E-state index in [1.807, 2.05) is 12.1 Å². The van der Waals surface area contributed by atoms with E-state index in [0.717, 1.165) is 47.0 Å². The number of halogens is 2. The van der Waals surface area contributed by atoms with Crippen LogP contribution in [0.4, 0.5) is 0 Å². The molecule has 2 aliphatic heterocycles. The highest BCUT2D eigenvalue weighted by Crippen LogP contribution is 2.50. The van der Waals surface area contributed by atoms with E-state index < -0.39 is 27.8 Å². The van der Waals surface area contributed by atoms with Gasteiger partial charge < -0.3 is 27.8 Å². The van der Waals surface area contributed by atoms with Crippen LogP contribution in [0.25, 0.3) is 0 Å². The highest BCUT2D eigenvalue weighted by atomic mass is 79.9. The Morgan fingerprint density at radius 3 is 2.12 bits per heavy atom. The summed E-state index contributed by atoms with van der Waals surface area (Å²) in [4.78, 5) is 0. The van der Waals surface area contributed by atoms with Crippen molar-refractivity contribution < 1.29 is 27.8 Å².